The van der Waals surface area contributed by atoms with Gasteiger partial charge in [0.2, 0.25) is 0 Å². The van der Waals surface area contributed by atoms with Crippen LogP contribution in [0.3, 0.4) is 0 Å². The lowest BCUT2D eigenvalue weighted by Gasteiger charge is -2.13. The standard InChI is InChI=1S/C15H17F2N3O2/c1-8(13-9(2)20-22-10(13)3)7-18-15(21)19-12-6-4-5-11(16)14(12)17/h4-6,8H,7H2,1-3H3,(H2,18,19,21). The van der Waals surface area contributed by atoms with Crippen LogP contribution >= 0.6 is 0 Å². The van der Waals surface area contributed by atoms with Gasteiger partial charge in [-0.1, -0.05) is 18.1 Å². The molecular weight excluding hydrogens is 292 g/mol. The molecule has 1 aromatic heterocycles. The minimum Gasteiger partial charge on any atom is -0.361 e. The number of benzene rings is 1. The highest BCUT2D eigenvalue weighted by Gasteiger charge is 2.17. The molecule has 1 aromatic carbocycles. The summed E-state index contributed by atoms with van der Waals surface area (Å²) in [6, 6.07) is 2.98. The van der Waals surface area contributed by atoms with Crippen LogP contribution in [0.1, 0.15) is 29.9 Å². The van der Waals surface area contributed by atoms with Crippen molar-refractivity contribution in [2.45, 2.75) is 26.7 Å². The largest absolute Gasteiger partial charge is 0.361 e. The molecule has 0 bridgehead atoms. The van der Waals surface area contributed by atoms with Gasteiger partial charge in [-0.15, -0.1) is 0 Å². The predicted molar refractivity (Wildman–Crippen MR) is 77.8 cm³/mol. The van der Waals surface area contributed by atoms with Crippen molar-refractivity contribution in [3.05, 3.63) is 46.9 Å². The number of hydrogen-bond donors (Lipinski definition) is 2. The zero-order chi connectivity index (χ0) is 16.3. The van der Waals surface area contributed by atoms with Crippen molar-refractivity contribution in [1.82, 2.24) is 10.5 Å². The molecule has 5 nitrogen and oxygen atoms in total. The first-order valence-corrected chi connectivity index (χ1v) is 6.81. The maximum absolute atomic E-state index is 13.5. The highest BCUT2D eigenvalue weighted by Crippen LogP contribution is 2.22. The van der Waals surface area contributed by atoms with E-state index >= 15 is 0 Å². The van der Waals surface area contributed by atoms with Crippen LogP contribution in [0.25, 0.3) is 0 Å². The summed E-state index contributed by atoms with van der Waals surface area (Å²) in [5.41, 5.74) is 1.49. The van der Waals surface area contributed by atoms with Gasteiger partial charge < -0.3 is 15.2 Å². The number of anilines is 1. The van der Waals surface area contributed by atoms with Crippen molar-refractivity contribution in [2.24, 2.45) is 0 Å². The predicted octanol–water partition coefficient (Wildman–Crippen LogP) is 3.49. The average Bonchev–Trinajstić information content (AvgIpc) is 2.81. The molecule has 0 aliphatic heterocycles. The van der Waals surface area contributed by atoms with Crippen LogP contribution in [-0.4, -0.2) is 17.7 Å². The summed E-state index contributed by atoms with van der Waals surface area (Å²) in [5.74, 6) is -1.42. The van der Waals surface area contributed by atoms with Gasteiger partial charge in [-0.25, -0.2) is 13.6 Å². The summed E-state index contributed by atoms with van der Waals surface area (Å²) < 4.78 is 31.6. The maximum Gasteiger partial charge on any atom is 0.319 e. The van der Waals surface area contributed by atoms with Crippen LogP contribution in [0.5, 0.6) is 0 Å². The Morgan fingerprint density at radius 1 is 1.36 bits per heavy atom. The monoisotopic (exact) mass is 309 g/mol. The molecule has 118 valence electrons. The molecule has 2 aromatic rings. The van der Waals surface area contributed by atoms with Crippen molar-refractivity contribution < 1.29 is 18.1 Å². The van der Waals surface area contributed by atoms with Crippen molar-refractivity contribution in [2.75, 3.05) is 11.9 Å². The van der Waals surface area contributed by atoms with E-state index < -0.39 is 17.7 Å². The molecule has 2 rings (SSSR count). The molecule has 1 heterocycles. The molecule has 1 unspecified atom stereocenters. The van der Waals surface area contributed by atoms with Gasteiger partial charge >= 0.3 is 6.03 Å². The fourth-order valence-corrected chi connectivity index (χ4v) is 2.31. The Morgan fingerprint density at radius 2 is 2.09 bits per heavy atom. The van der Waals surface area contributed by atoms with E-state index in [1.54, 1.807) is 6.92 Å². The van der Waals surface area contributed by atoms with Gasteiger partial charge in [0.25, 0.3) is 0 Å². The number of hydrogen-bond acceptors (Lipinski definition) is 3. The first kappa shape index (κ1) is 15.9. The second-order valence-electron chi connectivity index (χ2n) is 5.08. The Kier molecular flexibility index (Phi) is 4.75. The van der Waals surface area contributed by atoms with Crippen molar-refractivity contribution >= 4 is 11.7 Å². The topological polar surface area (TPSA) is 67.2 Å². The molecule has 2 amide bonds. The smallest absolute Gasteiger partial charge is 0.319 e. The van der Waals surface area contributed by atoms with Gasteiger partial charge in [0.15, 0.2) is 11.6 Å². The Morgan fingerprint density at radius 3 is 2.73 bits per heavy atom. The van der Waals surface area contributed by atoms with Crippen LogP contribution in [0.4, 0.5) is 19.3 Å². The van der Waals surface area contributed by atoms with Gasteiger partial charge in [-0.3, -0.25) is 0 Å². The number of nitrogens with zero attached hydrogens (tertiary/aromatic N) is 1. The number of halogens is 2. The molecule has 2 N–H and O–H groups in total. The van der Waals surface area contributed by atoms with E-state index in [1.165, 1.54) is 12.1 Å². The molecule has 1 atom stereocenters. The number of carbonyl (C=O) groups excluding carboxylic acids is 1. The van der Waals surface area contributed by atoms with E-state index in [1.807, 2.05) is 13.8 Å². The van der Waals surface area contributed by atoms with Gasteiger partial charge in [-0.2, -0.15) is 0 Å². The highest BCUT2D eigenvalue weighted by atomic mass is 19.2. The number of amides is 2. The number of aryl methyl sites for hydroxylation is 2. The van der Waals surface area contributed by atoms with E-state index in [-0.39, 0.29) is 11.6 Å². The fourth-order valence-electron chi connectivity index (χ4n) is 2.31. The quantitative estimate of drug-likeness (QED) is 0.908. The average molecular weight is 309 g/mol. The third-order valence-electron chi connectivity index (χ3n) is 3.35. The van der Waals surface area contributed by atoms with E-state index in [0.29, 0.717) is 12.3 Å². The first-order valence-electron chi connectivity index (χ1n) is 6.81. The molecule has 0 saturated carbocycles. The fraction of sp³-hybridized carbons (Fsp3) is 0.333. The second-order valence-corrected chi connectivity index (χ2v) is 5.08. The Labute approximate surface area is 126 Å². The minimum atomic E-state index is -1.09. The van der Waals surface area contributed by atoms with E-state index in [9.17, 15) is 13.6 Å². The molecule has 0 spiro atoms. The summed E-state index contributed by atoms with van der Waals surface area (Å²) >= 11 is 0. The molecule has 0 radical (unpaired) electrons. The minimum absolute atomic E-state index is 0.0191. The number of urea groups is 1. The van der Waals surface area contributed by atoms with Crippen LogP contribution in [0.15, 0.2) is 22.7 Å². The van der Waals surface area contributed by atoms with E-state index in [2.05, 4.69) is 15.8 Å². The summed E-state index contributed by atoms with van der Waals surface area (Å²) in [7, 11) is 0. The lowest BCUT2D eigenvalue weighted by molar-refractivity contribution is 0.251. The van der Waals surface area contributed by atoms with Gasteiger partial charge in [0.1, 0.15) is 5.76 Å². The zero-order valence-corrected chi connectivity index (χ0v) is 12.5. The molecule has 0 aliphatic rings. The van der Waals surface area contributed by atoms with Crippen LogP contribution in [0.2, 0.25) is 0 Å². The molecule has 7 heteroatoms. The Balaban J connectivity index is 1.94. The zero-order valence-electron chi connectivity index (χ0n) is 12.5. The lowest BCUT2D eigenvalue weighted by atomic mass is 10.00. The van der Waals surface area contributed by atoms with Gasteiger partial charge in [-0.05, 0) is 26.0 Å². The number of carbonyl (C=O) groups is 1. The Bertz CT molecular complexity index is 666. The van der Waals surface area contributed by atoms with Crippen LogP contribution in [0, 0.1) is 25.5 Å². The van der Waals surface area contributed by atoms with Gasteiger partial charge in [0, 0.05) is 18.0 Å². The third-order valence-corrected chi connectivity index (χ3v) is 3.35. The van der Waals surface area contributed by atoms with Crippen molar-refractivity contribution in [3.8, 4) is 0 Å². The second kappa shape index (κ2) is 6.55. The summed E-state index contributed by atoms with van der Waals surface area (Å²) in [6.45, 7) is 5.85. The summed E-state index contributed by atoms with van der Waals surface area (Å²) in [6.07, 6.45) is 0. The maximum atomic E-state index is 13.5. The summed E-state index contributed by atoms with van der Waals surface area (Å²) in [5, 5.41) is 8.75. The SMILES string of the molecule is Cc1noc(C)c1C(C)CNC(=O)Nc1cccc(F)c1F. The number of rotatable bonds is 4. The first-order chi connectivity index (χ1) is 10.4. The molecular formula is C15H17F2N3O2. The highest BCUT2D eigenvalue weighted by molar-refractivity contribution is 5.89. The van der Waals surface area contributed by atoms with Crippen LogP contribution < -0.4 is 10.6 Å². The van der Waals surface area contributed by atoms with Crippen molar-refractivity contribution in [1.29, 1.82) is 0 Å². The van der Waals surface area contributed by atoms with Gasteiger partial charge in [0.05, 0.1) is 11.4 Å². The molecule has 22 heavy (non-hydrogen) atoms. The third kappa shape index (κ3) is 3.41. The van der Waals surface area contributed by atoms with E-state index in [4.69, 9.17) is 4.52 Å². The molecule has 0 aliphatic carbocycles. The Hall–Kier alpha value is -2.44. The number of nitrogens with one attached hydrogen (secondary N) is 2. The lowest BCUT2D eigenvalue weighted by Crippen LogP contribution is -2.32. The summed E-state index contributed by atoms with van der Waals surface area (Å²) in [4.78, 5) is 11.8. The van der Waals surface area contributed by atoms with Crippen molar-refractivity contribution in [3.63, 3.8) is 0 Å². The molecule has 0 saturated heterocycles. The number of aromatic nitrogens is 1. The normalized spacial score (nSPS) is 12.0. The molecule has 0 fully saturated rings. The van der Waals surface area contributed by atoms with Crippen LogP contribution in [-0.2, 0) is 0 Å². The van der Waals surface area contributed by atoms with E-state index in [0.717, 1.165) is 17.3 Å².